The van der Waals surface area contributed by atoms with Crippen LogP contribution in [0.3, 0.4) is 0 Å². The number of nitrogens with zero attached hydrogens (tertiary/aromatic N) is 1. The number of thiophene rings is 1. The van der Waals surface area contributed by atoms with Crippen LogP contribution in [-0.4, -0.2) is 6.04 Å². The lowest BCUT2D eigenvalue weighted by Crippen LogP contribution is -2.30. The monoisotopic (exact) mass is 731 g/mol. The molecule has 1 heterocycles. The average Bonchev–Trinajstić information content (AvgIpc) is 3.66. The first-order chi connectivity index (χ1) is 27.8. The Balaban J connectivity index is 1.10. The molecule has 1 nitrogen and oxygen atoms in total. The molecule has 0 amide bonds. The minimum Gasteiger partial charge on any atom is -0.322 e. The highest BCUT2D eigenvalue weighted by Crippen LogP contribution is 2.57. The van der Waals surface area contributed by atoms with Crippen molar-refractivity contribution in [2.75, 3.05) is 4.90 Å². The first kappa shape index (κ1) is 32.7. The second kappa shape index (κ2) is 13.3. The van der Waals surface area contributed by atoms with E-state index < -0.39 is 5.41 Å². The van der Waals surface area contributed by atoms with Gasteiger partial charge in [-0.3, -0.25) is 0 Å². The van der Waals surface area contributed by atoms with Crippen LogP contribution < -0.4 is 4.90 Å². The van der Waals surface area contributed by atoms with Crippen LogP contribution >= 0.6 is 11.3 Å². The fourth-order valence-corrected chi connectivity index (χ4v) is 10.5. The maximum absolute atomic E-state index is 3.88. The maximum atomic E-state index is 3.88. The molecule has 0 aliphatic heterocycles. The molecule has 0 spiro atoms. The van der Waals surface area contributed by atoms with E-state index in [1.54, 1.807) is 0 Å². The molecule has 1 unspecified atom stereocenters. The van der Waals surface area contributed by atoms with E-state index in [1.165, 1.54) is 69.9 Å². The summed E-state index contributed by atoms with van der Waals surface area (Å²) < 4.78 is 2.57. The van der Waals surface area contributed by atoms with Crippen molar-refractivity contribution in [1.82, 2.24) is 0 Å². The van der Waals surface area contributed by atoms with Gasteiger partial charge in [-0.15, -0.1) is 11.3 Å². The Hall–Kier alpha value is -6.66. The van der Waals surface area contributed by atoms with Gasteiger partial charge in [-0.05, 0) is 105 Å². The number of anilines is 2. The van der Waals surface area contributed by atoms with E-state index in [-0.39, 0.29) is 6.04 Å². The number of rotatable bonds is 6. The Morgan fingerprint density at radius 3 is 2.07 bits per heavy atom. The third-order valence-corrected chi connectivity index (χ3v) is 13.0. The molecule has 3 aliphatic rings. The number of fused-ring (bicyclic) bond motifs is 7. The number of hydrogen-bond donors (Lipinski definition) is 0. The molecular weight excluding hydrogens is 695 g/mol. The van der Waals surface area contributed by atoms with Crippen molar-refractivity contribution in [3.05, 3.63) is 216 Å². The zero-order chi connectivity index (χ0) is 37.1. The van der Waals surface area contributed by atoms with Crippen LogP contribution in [0.5, 0.6) is 0 Å². The van der Waals surface area contributed by atoms with Crippen molar-refractivity contribution >= 4 is 53.7 Å². The Morgan fingerprint density at radius 1 is 0.625 bits per heavy atom. The molecule has 11 rings (SSSR count). The third-order valence-electron chi connectivity index (χ3n) is 11.8. The molecule has 2 heteroatoms. The third kappa shape index (κ3) is 5.09. The molecule has 7 aromatic carbocycles. The second-order valence-electron chi connectivity index (χ2n) is 14.9. The Bertz CT molecular complexity index is 2990. The van der Waals surface area contributed by atoms with Gasteiger partial charge in [0, 0.05) is 26.7 Å². The second-order valence-corrected chi connectivity index (χ2v) is 15.9. The van der Waals surface area contributed by atoms with Crippen LogP contribution in [0.2, 0.25) is 0 Å². The molecule has 0 saturated heterocycles. The lowest BCUT2D eigenvalue weighted by atomic mass is 9.65. The van der Waals surface area contributed by atoms with Gasteiger partial charge in [0.25, 0.3) is 0 Å². The molecule has 0 radical (unpaired) electrons. The van der Waals surface area contributed by atoms with Crippen LogP contribution in [0, 0.1) is 11.8 Å². The van der Waals surface area contributed by atoms with Crippen LogP contribution in [-0.2, 0) is 5.41 Å². The zero-order valence-electron chi connectivity index (χ0n) is 30.8. The van der Waals surface area contributed by atoms with Crippen molar-refractivity contribution in [3.63, 3.8) is 0 Å². The van der Waals surface area contributed by atoms with Gasteiger partial charge in [0.1, 0.15) is 6.04 Å². The van der Waals surface area contributed by atoms with Gasteiger partial charge in [0.05, 0.1) is 15.8 Å². The highest BCUT2D eigenvalue weighted by Gasteiger charge is 2.47. The summed E-state index contributed by atoms with van der Waals surface area (Å²) in [5.74, 6) is 7.76. The normalized spacial score (nSPS) is 16.5. The summed E-state index contributed by atoms with van der Waals surface area (Å²) in [7, 11) is 0. The van der Waals surface area contributed by atoms with Crippen LogP contribution in [0.4, 0.5) is 11.4 Å². The fraction of sp³-hybridized carbons (Fsp3) is 0.0741. The standard InChI is InChI=1S/C54H37NS/c1-3-15-37(16-4-1)38-29-32-44(33-30-38)55(51-28-14-25-47-48-35-39-17-7-8-18-40(39)36-52(48)56-53(47)51)43-22-13-21-42(31-34-43)54(41-19-5-2-6-20-41)49-26-11-9-23-45(49)46-24-10-12-27-50(46)54/h1,3-5,7-30,32-33,35-36,43H,2,6H2. The summed E-state index contributed by atoms with van der Waals surface area (Å²) in [6.07, 6.45) is 16.0. The van der Waals surface area contributed by atoms with Crippen LogP contribution in [0.1, 0.15) is 24.0 Å². The van der Waals surface area contributed by atoms with E-state index in [2.05, 4.69) is 211 Å². The quantitative estimate of drug-likeness (QED) is 0.154. The lowest BCUT2D eigenvalue weighted by molar-refractivity contribution is 0.756. The molecule has 0 N–H and O–H groups in total. The highest BCUT2D eigenvalue weighted by atomic mass is 32.1. The van der Waals surface area contributed by atoms with E-state index in [0.29, 0.717) is 0 Å². The van der Waals surface area contributed by atoms with E-state index in [9.17, 15) is 0 Å². The van der Waals surface area contributed by atoms with Crippen molar-refractivity contribution in [1.29, 1.82) is 0 Å². The van der Waals surface area contributed by atoms with Gasteiger partial charge in [-0.25, -0.2) is 0 Å². The van der Waals surface area contributed by atoms with Crippen molar-refractivity contribution < 1.29 is 0 Å². The first-order valence-corrected chi connectivity index (χ1v) is 20.3. The largest absolute Gasteiger partial charge is 0.322 e. The molecule has 56 heavy (non-hydrogen) atoms. The molecule has 1 atom stereocenters. The summed E-state index contributed by atoms with van der Waals surface area (Å²) in [5.41, 5.74) is 11.8. The van der Waals surface area contributed by atoms with Gasteiger partial charge in [0.2, 0.25) is 0 Å². The predicted molar refractivity (Wildman–Crippen MR) is 239 cm³/mol. The van der Waals surface area contributed by atoms with E-state index in [4.69, 9.17) is 0 Å². The van der Waals surface area contributed by atoms with E-state index in [1.807, 2.05) is 11.3 Å². The molecule has 3 aliphatic carbocycles. The maximum Gasteiger partial charge on any atom is 0.114 e. The average molecular weight is 732 g/mol. The summed E-state index contributed by atoms with van der Waals surface area (Å²) in [6, 6.07) is 57.5. The van der Waals surface area contributed by atoms with Crippen molar-refractivity contribution in [2.45, 2.75) is 24.3 Å². The fourth-order valence-electron chi connectivity index (χ4n) is 9.30. The van der Waals surface area contributed by atoms with Gasteiger partial charge >= 0.3 is 0 Å². The molecule has 0 bridgehead atoms. The Kier molecular flexibility index (Phi) is 7.76. The smallest absolute Gasteiger partial charge is 0.114 e. The Morgan fingerprint density at radius 2 is 1.32 bits per heavy atom. The SMILES string of the molecule is C1#CC(N(c2ccc(-c3ccccc3)cc2)c2cccc3c2sc2cc4ccccc4cc23)C=CC=C1C1(C2=CCCC=C2)c2ccccc2-c2ccccc21. The van der Waals surface area contributed by atoms with E-state index >= 15 is 0 Å². The molecule has 1 aromatic heterocycles. The van der Waals surface area contributed by atoms with Gasteiger partial charge < -0.3 is 4.90 Å². The Labute approximate surface area is 331 Å². The zero-order valence-corrected chi connectivity index (χ0v) is 31.6. The van der Waals surface area contributed by atoms with Crippen LogP contribution in [0.25, 0.3) is 53.2 Å². The molecule has 0 fully saturated rings. The van der Waals surface area contributed by atoms with Gasteiger partial charge in [0.15, 0.2) is 0 Å². The number of hydrogen-bond acceptors (Lipinski definition) is 2. The lowest BCUT2D eigenvalue weighted by Gasteiger charge is -2.35. The summed E-state index contributed by atoms with van der Waals surface area (Å²) >= 11 is 1.88. The molecule has 8 aromatic rings. The van der Waals surface area contributed by atoms with Crippen molar-refractivity contribution in [2.24, 2.45) is 0 Å². The highest BCUT2D eigenvalue weighted by molar-refractivity contribution is 7.26. The topological polar surface area (TPSA) is 3.24 Å². The van der Waals surface area contributed by atoms with Crippen LogP contribution in [0.15, 0.2) is 205 Å². The summed E-state index contributed by atoms with van der Waals surface area (Å²) in [4.78, 5) is 2.45. The summed E-state index contributed by atoms with van der Waals surface area (Å²) in [6.45, 7) is 0. The van der Waals surface area contributed by atoms with E-state index in [0.717, 1.165) is 29.8 Å². The number of benzene rings is 7. The predicted octanol–water partition coefficient (Wildman–Crippen LogP) is 14.1. The minimum absolute atomic E-state index is 0.221. The molecular formula is C54H37NS. The van der Waals surface area contributed by atoms with Gasteiger partial charge in [-0.1, -0.05) is 164 Å². The molecule has 264 valence electrons. The first-order valence-electron chi connectivity index (χ1n) is 19.5. The van der Waals surface area contributed by atoms with Crippen molar-refractivity contribution in [3.8, 4) is 34.1 Å². The molecule has 0 saturated carbocycles. The van der Waals surface area contributed by atoms with Gasteiger partial charge in [-0.2, -0.15) is 0 Å². The minimum atomic E-state index is -0.494. The number of allylic oxidation sites excluding steroid dienone is 7. The summed E-state index contributed by atoms with van der Waals surface area (Å²) in [5, 5.41) is 5.11.